The molecule has 1 aromatic rings. The summed E-state index contributed by atoms with van der Waals surface area (Å²) < 4.78 is 28.3. The molecule has 1 heterocycles. The van der Waals surface area contributed by atoms with Crippen molar-refractivity contribution >= 4 is 6.29 Å². The van der Waals surface area contributed by atoms with Crippen molar-refractivity contribution in [3.63, 3.8) is 0 Å². The van der Waals surface area contributed by atoms with Gasteiger partial charge in [0.2, 0.25) is 0 Å². The first-order valence-corrected chi connectivity index (χ1v) is 4.45. The Bertz CT molecular complexity index is 384. The number of carbonyl (C=O) groups excluding carboxylic acids is 1. The normalized spacial score (nSPS) is 19.1. The zero-order valence-electron chi connectivity index (χ0n) is 7.76. The number of nitrogens with zero attached hydrogens (tertiary/aromatic N) is 2. The van der Waals surface area contributed by atoms with E-state index in [4.69, 9.17) is 0 Å². The van der Waals surface area contributed by atoms with Gasteiger partial charge in [-0.05, 0) is 12.8 Å². The quantitative estimate of drug-likeness (QED) is 0.646. The second kappa shape index (κ2) is 2.87. The second-order valence-electron chi connectivity index (χ2n) is 3.51. The molecule has 1 aliphatic carbocycles. The first kappa shape index (κ1) is 9.30. The van der Waals surface area contributed by atoms with Crippen LogP contribution < -0.4 is 0 Å². The molecule has 1 aromatic heterocycles. The lowest BCUT2D eigenvalue weighted by Crippen LogP contribution is -2.22. The van der Waals surface area contributed by atoms with Crippen LogP contribution >= 0.6 is 0 Å². The van der Waals surface area contributed by atoms with Crippen LogP contribution in [0.25, 0.3) is 0 Å². The number of alkyl halides is 2. The Morgan fingerprint density at radius 3 is 2.93 bits per heavy atom. The minimum Gasteiger partial charge on any atom is -0.296 e. The monoisotopic (exact) mass is 200 g/mol. The molecule has 0 saturated heterocycles. The van der Waals surface area contributed by atoms with Gasteiger partial charge in [-0.15, -0.1) is 0 Å². The van der Waals surface area contributed by atoms with E-state index in [-0.39, 0.29) is 17.7 Å². The molecule has 0 N–H and O–H groups in total. The van der Waals surface area contributed by atoms with Gasteiger partial charge in [-0.2, -0.15) is 5.10 Å². The summed E-state index contributed by atoms with van der Waals surface area (Å²) in [5.74, 6) is -2.89. The molecule has 0 spiro atoms. The number of halogens is 2. The lowest BCUT2D eigenvalue weighted by atomic mass is 9.92. The molecular formula is C9H10F2N2O. The molecule has 0 amide bonds. The fraction of sp³-hybridized carbons (Fsp3) is 0.556. The van der Waals surface area contributed by atoms with Crippen LogP contribution in [-0.4, -0.2) is 16.1 Å². The Morgan fingerprint density at radius 1 is 1.57 bits per heavy atom. The molecule has 0 fully saturated rings. The predicted molar refractivity (Wildman–Crippen MR) is 45.4 cm³/mol. The van der Waals surface area contributed by atoms with Gasteiger partial charge >= 0.3 is 0 Å². The minimum atomic E-state index is -2.89. The van der Waals surface area contributed by atoms with Crippen LogP contribution in [0.15, 0.2) is 0 Å². The first-order chi connectivity index (χ1) is 6.56. The van der Waals surface area contributed by atoms with E-state index in [1.165, 1.54) is 4.68 Å². The molecule has 0 aromatic carbocycles. The van der Waals surface area contributed by atoms with Gasteiger partial charge in [0, 0.05) is 19.2 Å². The number of aromatic nitrogens is 2. The Balaban J connectivity index is 2.65. The molecule has 0 saturated carbocycles. The van der Waals surface area contributed by atoms with E-state index in [9.17, 15) is 13.6 Å². The van der Waals surface area contributed by atoms with Gasteiger partial charge in [0.25, 0.3) is 5.92 Å². The zero-order chi connectivity index (χ0) is 10.3. The van der Waals surface area contributed by atoms with Crippen LogP contribution in [-0.2, 0) is 19.4 Å². The van der Waals surface area contributed by atoms with Crippen molar-refractivity contribution < 1.29 is 13.6 Å². The molecule has 0 bridgehead atoms. The van der Waals surface area contributed by atoms with E-state index in [1.807, 2.05) is 0 Å². The summed E-state index contributed by atoms with van der Waals surface area (Å²) in [5, 5.41) is 3.77. The van der Waals surface area contributed by atoms with E-state index >= 15 is 0 Å². The molecule has 76 valence electrons. The highest BCUT2D eigenvalue weighted by Crippen LogP contribution is 2.41. The van der Waals surface area contributed by atoms with Crippen molar-refractivity contribution in [2.45, 2.75) is 25.2 Å². The number of carbonyl (C=O) groups is 1. The fourth-order valence-electron chi connectivity index (χ4n) is 1.95. The van der Waals surface area contributed by atoms with Gasteiger partial charge in [0.05, 0.1) is 5.56 Å². The molecule has 0 aliphatic heterocycles. The average Bonchev–Trinajstić information content (AvgIpc) is 2.44. The van der Waals surface area contributed by atoms with Crippen LogP contribution in [0.4, 0.5) is 8.78 Å². The van der Waals surface area contributed by atoms with Crippen molar-refractivity contribution in [1.29, 1.82) is 0 Å². The maximum absolute atomic E-state index is 13.4. The van der Waals surface area contributed by atoms with Gasteiger partial charge in [-0.1, -0.05) is 0 Å². The van der Waals surface area contributed by atoms with Gasteiger partial charge in [-0.25, -0.2) is 8.78 Å². The molecule has 0 radical (unpaired) electrons. The van der Waals surface area contributed by atoms with Crippen molar-refractivity contribution in [3.8, 4) is 0 Å². The molecule has 0 atom stereocenters. The first-order valence-electron chi connectivity index (χ1n) is 4.45. The number of aldehydes is 1. The highest BCUT2D eigenvalue weighted by atomic mass is 19.3. The summed E-state index contributed by atoms with van der Waals surface area (Å²) in [6.07, 6.45) is 1.23. The molecular weight excluding hydrogens is 190 g/mol. The number of fused-ring (bicyclic) bond motifs is 1. The summed E-state index contributed by atoms with van der Waals surface area (Å²) >= 11 is 0. The van der Waals surface area contributed by atoms with Crippen LogP contribution in [0.3, 0.4) is 0 Å². The van der Waals surface area contributed by atoms with Crippen molar-refractivity contribution in [3.05, 3.63) is 17.0 Å². The van der Waals surface area contributed by atoms with Crippen molar-refractivity contribution in [2.75, 3.05) is 0 Å². The van der Waals surface area contributed by atoms with Crippen LogP contribution in [0.1, 0.15) is 34.6 Å². The summed E-state index contributed by atoms with van der Waals surface area (Å²) in [5.41, 5.74) is 0.205. The summed E-state index contributed by atoms with van der Waals surface area (Å²) in [6, 6.07) is 0. The number of aryl methyl sites for hydroxylation is 1. The molecule has 3 nitrogen and oxygen atoms in total. The number of hydrogen-bond donors (Lipinski definition) is 0. The maximum Gasteiger partial charge on any atom is 0.277 e. The molecule has 5 heteroatoms. The van der Waals surface area contributed by atoms with E-state index in [2.05, 4.69) is 5.10 Å². The lowest BCUT2D eigenvalue weighted by Gasteiger charge is -2.22. The largest absolute Gasteiger partial charge is 0.296 e. The number of rotatable bonds is 1. The molecule has 14 heavy (non-hydrogen) atoms. The third-order valence-electron chi connectivity index (χ3n) is 2.57. The Kier molecular flexibility index (Phi) is 1.90. The van der Waals surface area contributed by atoms with Gasteiger partial charge in [0.15, 0.2) is 6.29 Å². The molecule has 2 rings (SSSR count). The van der Waals surface area contributed by atoms with Crippen LogP contribution in [0.2, 0.25) is 0 Å². The maximum atomic E-state index is 13.4. The third kappa shape index (κ3) is 1.15. The minimum absolute atomic E-state index is 0.118. The molecule has 1 aliphatic rings. The summed E-state index contributed by atoms with van der Waals surface area (Å²) in [7, 11) is 1.59. The SMILES string of the molecule is Cn1nc(C=O)c2c1CCCC2(F)F. The zero-order valence-corrected chi connectivity index (χ0v) is 7.76. The predicted octanol–water partition coefficient (Wildman–Crippen LogP) is 1.66. The van der Waals surface area contributed by atoms with E-state index < -0.39 is 5.92 Å². The van der Waals surface area contributed by atoms with Crippen LogP contribution in [0.5, 0.6) is 0 Å². The Hall–Kier alpha value is -1.26. The Morgan fingerprint density at radius 2 is 2.29 bits per heavy atom. The van der Waals surface area contributed by atoms with E-state index in [0.29, 0.717) is 24.8 Å². The standard InChI is InChI=1S/C9H10F2N2O/c1-13-7-3-2-4-9(10,11)8(7)6(5-14)12-13/h5H,2-4H2,1H3. The van der Waals surface area contributed by atoms with Gasteiger partial charge < -0.3 is 0 Å². The lowest BCUT2D eigenvalue weighted by molar-refractivity contribution is -0.0225. The van der Waals surface area contributed by atoms with E-state index in [0.717, 1.165) is 0 Å². The summed E-state index contributed by atoms with van der Waals surface area (Å²) in [6.45, 7) is 0. The third-order valence-corrected chi connectivity index (χ3v) is 2.57. The molecule has 0 unspecified atom stereocenters. The topological polar surface area (TPSA) is 34.9 Å². The number of hydrogen-bond acceptors (Lipinski definition) is 2. The highest BCUT2D eigenvalue weighted by molar-refractivity contribution is 5.75. The fourth-order valence-corrected chi connectivity index (χ4v) is 1.95. The van der Waals surface area contributed by atoms with Crippen molar-refractivity contribution in [1.82, 2.24) is 9.78 Å². The average molecular weight is 200 g/mol. The second-order valence-corrected chi connectivity index (χ2v) is 3.51. The Labute approximate surface area is 79.7 Å². The summed E-state index contributed by atoms with van der Waals surface area (Å²) in [4.78, 5) is 10.6. The smallest absolute Gasteiger partial charge is 0.277 e. The van der Waals surface area contributed by atoms with Crippen LogP contribution in [0, 0.1) is 0 Å². The van der Waals surface area contributed by atoms with Gasteiger partial charge in [0.1, 0.15) is 5.69 Å². The van der Waals surface area contributed by atoms with Gasteiger partial charge in [-0.3, -0.25) is 9.48 Å². The highest BCUT2D eigenvalue weighted by Gasteiger charge is 2.41. The van der Waals surface area contributed by atoms with Crippen molar-refractivity contribution in [2.24, 2.45) is 7.05 Å². The van der Waals surface area contributed by atoms with E-state index in [1.54, 1.807) is 7.05 Å².